The first-order chi connectivity index (χ1) is 7.65. The lowest BCUT2D eigenvalue weighted by Crippen LogP contribution is -2.07. The molecule has 2 heterocycles. The normalized spacial score (nSPS) is 11.0. The van der Waals surface area contributed by atoms with Gasteiger partial charge in [0.25, 0.3) is 0 Å². The van der Waals surface area contributed by atoms with E-state index in [4.69, 9.17) is 4.74 Å². The third-order valence-electron chi connectivity index (χ3n) is 2.49. The molecule has 0 aromatic carbocycles. The van der Waals surface area contributed by atoms with Gasteiger partial charge in [0.15, 0.2) is 5.69 Å². The molecule has 0 atom stereocenters. The number of rotatable bonds is 2. The molecule has 0 spiro atoms. The smallest absolute Gasteiger partial charge is 0.358 e. The molecule has 0 bridgehead atoms. The van der Waals surface area contributed by atoms with Gasteiger partial charge in [0.2, 0.25) is 0 Å². The van der Waals surface area contributed by atoms with Gasteiger partial charge in [-0.25, -0.2) is 9.78 Å². The van der Waals surface area contributed by atoms with Gasteiger partial charge in [-0.1, -0.05) is 19.9 Å². The third-order valence-corrected chi connectivity index (χ3v) is 2.49. The maximum Gasteiger partial charge on any atom is 0.358 e. The lowest BCUT2D eigenvalue weighted by atomic mass is 10.1. The van der Waals surface area contributed by atoms with E-state index in [1.807, 2.05) is 42.6 Å². The van der Waals surface area contributed by atoms with Crippen LogP contribution in [0, 0.1) is 0 Å². The summed E-state index contributed by atoms with van der Waals surface area (Å²) in [6.07, 6.45) is 1.91. The molecule has 0 radical (unpaired) electrons. The molecule has 0 N–H and O–H groups in total. The molecule has 0 unspecified atom stereocenters. The Morgan fingerprint density at radius 3 is 2.81 bits per heavy atom. The number of carbonyl (C=O) groups is 1. The molecule has 84 valence electrons. The maximum absolute atomic E-state index is 11.6. The molecule has 0 saturated carbocycles. The molecule has 4 nitrogen and oxygen atoms in total. The van der Waals surface area contributed by atoms with Crippen LogP contribution in [0.1, 0.15) is 35.9 Å². The number of imidazole rings is 1. The van der Waals surface area contributed by atoms with Crippen molar-refractivity contribution in [2.24, 2.45) is 0 Å². The summed E-state index contributed by atoms with van der Waals surface area (Å²) in [5.74, 6) is -0.168. The van der Waals surface area contributed by atoms with Crippen molar-refractivity contribution in [3.8, 4) is 0 Å². The van der Waals surface area contributed by atoms with Gasteiger partial charge in [-0.15, -0.1) is 0 Å². The summed E-state index contributed by atoms with van der Waals surface area (Å²) in [7, 11) is 1.37. The van der Waals surface area contributed by atoms with Crippen molar-refractivity contribution in [1.82, 2.24) is 9.38 Å². The molecule has 2 aromatic rings. The van der Waals surface area contributed by atoms with Gasteiger partial charge in [0.05, 0.1) is 12.8 Å². The van der Waals surface area contributed by atoms with Crippen LogP contribution in [0.15, 0.2) is 24.4 Å². The zero-order valence-corrected chi connectivity index (χ0v) is 9.60. The monoisotopic (exact) mass is 218 g/mol. The Hall–Kier alpha value is -1.84. The summed E-state index contributed by atoms with van der Waals surface area (Å²) in [5.41, 5.74) is 2.07. The molecule has 0 aliphatic rings. The second-order valence-electron chi connectivity index (χ2n) is 3.92. The van der Waals surface area contributed by atoms with E-state index >= 15 is 0 Å². The Bertz CT molecular complexity index is 529. The van der Waals surface area contributed by atoms with Crippen LogP contribution in [-0.2, 0) is 4.74 Å². The third kappa shape index (κ3) is 1.56. The average Bonchev–Trinajstić information content (AvgIpc) is 2.67. The van der Waals surface area contributed by atoms with E-state index in [1.54, 1.807) is 0 Å². The Kier molecular flexibility index (Phi) is 2.64. The molecule has 4 heteroatoms. The van der Waals surface area contributed by atoms with Crippen molar-refractivity contribution in [1.29, 1.82) is 0 Å². The van der Waals surface area contributed by atoms with Crippen LogP contribution < -0.4 is 0 Å². The van der Waals surface area contributed by atoms with E-state index in [1.165, 1.54) is 7.11 Å². The summed E-state index contributed by atoms with van der Waals surface area (Å²) in [4.78, 5) is 15.9. The summed E-state index contributed by atoms with van der Waals surface area (Å²) in [5, 5.41) is 0. The first-order valence-corrected chi connectivity index (χ1v) is 5.20. The summed E-state index contributed by atoms with van der Waals surface area (Å²) >= 11 is 0. The Labute approximate surface area is 93.9 Å². The molecule has 0 saturated heterocycles. The zero-order valence-electron chi connectivity index (χ0n) is 9.60. The number of pyridine rings is 1. The van der Waals surface area contributed by atoms with Gasteiger partial charge in [-0.05, 0) is 18.1 Å². The summed E-state index contributed by atoms with van der Waals surface area (Å²) in [6.45, 7) is 4.06. The number of aromatic nitrogens is 2. The number of nitrogens with zero attached hydrogens (tertiary/aromatic N) is 2. The van der Waals surface area contributed by atoms with E-state index in [-0.39, 0.29) is 11.9 Å². The van der Waals surface area contributed by atoms with Crippen LogP contribution in [0.3, 0.4) is 0 Å². The number of hydrogen-bond donors (Lipinski definition) is 0. The number of ether oxygens (including phenoxy) is 1. The van der Waals surface area contributed by atoms with Gasteiger partial charge in [-0.2, -0.15) is 0 Å². The Balaban J connectivity index is 2.73. The van der Waals surface area contributed by atoms with Crippen molar-refractivity contribution in [2.45, 2.75) is 19.8 Å². The SMILES string of the molecule is COC(=O)c1nc2ccccn2c1C(C)C. The van der Waals surface area contributed by atoms with Gasteiger partial charge in [-0.3, -0.25) is 0 Å². The number of esters is 1. The van der Waals surface area contributed by atoms with Crippen molar-refractivity contribution in [3.05, 3.63) is 35.8 Å². The highest BCUT2D eigenvalue weighted by molar-refractivity contribution is 5.89. The predicted octanol–water partition coefficient (Wildman–Crippen LogP) is 2.24. The number of carbonyl (C=O) groups excluding carboxylic acids is 1. The lowest BCUT2D eigenvalue weighted by Gasteiger charge is -2.06. The number of methoxy groups -OCH3 is 1. The highest BCUT2D eigenvalue weighted by Crippen LogP contribution is 2.21. The van der Waals surface area contributed by atoms with E-state index in [0.29, 0.717) is 5.69 Å². The van der Waals surface area contributed by atoms with Crippen molar-refractivity contribution >= 4 is 11.6 Å². The molecular weight excluding hydrogens is 204 g/mol. The minimum absolute atomic E-state index is 0.214. The van der Waals surface area contributed by atoms with Crippen LogP contribution in [0.2, 0.25) is 0 Å². The van der Waals surface area contributed by atoms with Gasteiger partial charge < -0.3 is 9.14 Å². The largest absolute Gasteiger partial charge is 0.464 e. The molecule has 0 fully saturated rings. The molecule has 0 aliphatic carbocycles. The minimum Gasteiger partial charge on any atom is -0.464 e. The zero-order chi connectivity index (χ0) is 11.7. The highest BCUT2D eigenvalue weighted by atomic mass is 16.5. The first-order valence-electron chi connectivity index (χ1n) is 5.20. The first kappa shape index (κ1) is 10.7. The van der Waals surface area contributed by atoms with Crippen molar-refractivity contribution in [2.75, 3.05) is 7.11 Å². The molecular formula is C12H14N2O2. The maximum atomic E-state index is 11.6. The van der Waals surface area contributed by atoms with Gasteiger partial charge in [0, 0.05) is 6.20 Å². The average molecular weight is 218 g/mol. The molecule has 16 heavy (non-hydrogen) atoms. The van der Waals surface area contributed by atoms with Crippen molar-refractivity contribution in [3.63, 3.8) is 0 Å². The second kappa shape index (κ2) is 3.96. The fraction of sp³-hybridized carbons (Fsp3) is 0.333. The second-order valence-corrected chi connectivity index (χ2v) is 3.92. The van der Waals surface area contributed by atoms with Crippen LogP contribution in [-0.4, -0.2) is 22.5 Å². The van der Waals surface area contributed by atoms with Crippen LogP contribution >= 0.6 is 0 Å². The number of fused-ring (bicyclic) bond motifs is 1. The van der Waals surface area contributed by atoms with Crippen LogP contribution in [0.25, 0.3) is 5.65 Å². The molecule has 0 amide bonds. The van der Waals surface area contributed by atoms with Gasteiger partial charge >= 0.3 is 5.97 Å². The topological polar surface area (TPSA) is 43.6 Å². The summed E-state index contributed by atoms with van der Waals surface area (Å²) in [6, 6.07) is 5.69. The molecule has 0 aliphatic heterocycles. The quantitative estimate of drug-likeness (QED) is 0.726. The van der Waals surface area contributed by atoms with E-state index in [0.717, 1.165) is 11.3 Å². The van der Waals surface area contributed by atoms with Crippen molar-refractivity contribution < 1.29 is 9.53 Å². The molecule has 2 rings (SSSR count). The molecule has 2 aromatic heterocycles. The van der Waals surface area contributed by atoms with E-state index in [2.05, 4.69) is 4.98 Å². The Morgan fingerprint density at radius 2 is 2.19 bits per heavy atom. The fourth-order valence-corrected chi connectivity index (χ4v) is 1.81. The fourth-order valence-electron chi connectivity index (χ4n) is 1.81. The summed E-state index contributed by atoms with van der Waals surface area (Å²) < 4.78 is 6.67. The van der Waals surface area contributed by atoms with E-state index in [9.17, 15) is 4.79 Å². The number of hydrogen-bond acceptors (Lipinski definition) is 3. The highest BCUT2D eigenvalue weighted by Gasteiger charge is 2.21. The van der Waals surface area contributed by atoms with E-state index < -0.39 is 0 Å². The lowest BCUT2D eigenvalue weighted by molar-refractivity contribution is 0.0593. The van der Waals surface area contributed by atoms with Crippen LogP contribution in [0.5, 0.6) is 0 Å². The van der Waals surface area contributed by atoms with Gasteiger partial charge in [0.1, 0.15) is 5.65 Å². The Morgan fingerprint density at radius 1 is 1.44 bits per heavy atom. The minimum atomic E-state index is -0.382. The standard InChI is InChI=1S/C12H14N2O2/c1-8(2)11-10(12(15)16-3)13-9-6-4-5-7-14(9)11/h4-8H,1-3H3. The van der Waals surface area contributed by atoms with Crippen LogP contribution in [0.4, 0.5) is 0 Å². The predicted molar refractivity (Wildman–Crippen MR) is 60.6 cm³/mol.